The molecule has 10 heteroatoms. The number of aromatic nitrogens is 10. The number of nitrogens with zero attached hydrogens (tertiary/aromatic N) is 10. The standard InChI is InChI=1S/C66H45N5.C60H41N5/c1-66(2)57-28-12-9-25-51(57)52-34-31-48(41-58(52)66)65-68-63(46-21-15-23-49(37-46)70-59-29-13-10-26-53(59)55-39-44(32-35-61(55)70)42-17-5-3-6-18-42)67-64(69-65)47-22-16-24-50(38-47)71-60-30-14-11-27-54(60)56-40-45(33-36-62(56)71)43-19-7-4-8-20-43;1-60(2)51-25-12-9-22-45(51)46-31-28-43(37-52(46)60)58-61-57(62-59(63-58)65-54-27-14-11-24-48(54)50-36-41(30-33-56(50)65)39-18-7-4-8-19-39)42-20-15-21-44(34-42)64-53-26-13-10-23-47(53)49-35-40(29-32-55(49)64)38-16-5-3-6-17-38/h3-41H,1-2H3;3-37H,1-2H3. The molecule has 2 aliphatic carbocycles. The highest BCUT2D eigenvalue weighted by molar-refractivity contribution is 6.14. The fourth-order valence-corrected chi connectivity index (χ4v) is 21.7. The van der Waals surface area contributed by atoms with E-state index in [1.165, 1.54) is 116 Å². The summed E-state index contributed by atoms with van der Waals surface area (Å²) in [4.78, 5) is 32.3. The Kier molecular flexibility index (Phi) is 18.4. The largest absolute Gasteiger partial charge is 0.309 e. The van der Waals surface area contributed by atoms with E-state index in [1.807, 2.05) is 0 Å². The molecule has 19 aromatic carbocycles. The molecule has 0 saturated heterocycles. The minimum atomic E-state index is -0.183. The Bertz CT molecular complexity index is 8950. The molecule has 136 heavy (non-hydrogen) atoms. The molecule has 0 saturated carbocycles. The lowest BCUT2D eigenvalue weighted by molar-refractivity contribution is 0.660. The van der Waals surface area contributed by atoms with Gasteiger partial charge in [0.2, 0.25) is 5.95 Å². The lowest BCUT2D eigenvalue weighted by atomic mass is 9.82. The van der Waals surface area contributed by atoms with E-state index in [9.17, 15) is 0 Å². The van der Waals surface area contributed by atoms with Gasteiger partial charge in [0.1, 0.15) is 0 Å². The molecule has 0 amide bonds. The Hall–Kier alpha value is -17.6. The maximum atomic E-state index is 5.41. The van der Waals surface area contributed by atoms with Crippen LogP contribution in [-0.4, -0.2) is 48.2 Å². The smallest absolute Gasteiger partial charge is 0.238 e. The lowest BCUT2D eigenvalue weighted by Crippen LogP contribution is -2.15. The van der Waals surface area contributed by atoms with Crippen LogP contribution in [0.5, 0.6) is 0 Å². The first-order chi connectivity index (χ1) is 66.9. The van der Waals surface area contributed by atoms with Crippen molar-refractivity contribution in [1.29, 1.82) is 0 Å². The summed E-state index contributed by atoms with van der Waals surface area (Å²) >= 11 is 0. The molecule has 0 N–H and O–H groups in total. The summed E-state index contributed by atoms with van der Waals surface area (Å²) in [5.74, 6) is 3.65. The Balaban J connectivity index is 0.000000142. The maximum Gasteiger partial charge on any atom is 0.238 e. The zero-order valence-corrected chi connectivity index (χ0v) is 75.2. The van der Waals surface area contributed by atoms with Gasteiger partial charge in [0.05, 0.1) is 44.1 Å². The SMILES string of the molecule is CC1(C)c2ccccc2-c2ccc(-c3nc(-c4cccc(-n5c6ccccc6c6cc(-c7ccccc7)ccc65)c4)nc(-c4cccc(-n5c6ccccc6c6cc(-c7ccccc7)ccc65)c4)n3)cc21.CC1(C)c2ccccc2-c2ccc(-c3nc(-c4cccc(-n5c6ccccc6c6cc(-c7ccccc7)ccc65)c4)nc(-n4c5ccccc5c5cc(-c6ccccc6)ccc54)n3)cc21. The van der Waals surface area contributed by atoms with Gasteiger partial charge in [-0.25, -0.2) is 19.9 Å². The predicted octanol–water partition coefficient (Wildman–Crippen LogP) is 31.7. The molecule has 640 valence electrons. The second-order valence-electron chi connectivity index (χ2n) is 36.9. The van der Waals surface area contributed by atoms with Crippen molar-refractivity contribution >= 4 is 87.2 Å². The van der Waals surface area contributed by atoms with Crippen molar-refractivity contribution in [1.82, 2.24) is 48.2 Å². The van der Waals surface area contributed by atoms with Gasteiger partial charge in [-0.2, -0.15) is 9.97 Å². The number of hydrogen-bond donors (Lipinski definition) is 0. The second kappa shape index (κ2) is 31.6. The predicted molar refractivity (Wildman–Crippen MR) is 561 cm³/mol. The molecule has 0 aliphatic heterocycles. The normalized spacial score (nSPS) is 12.8. The third kappa shape index (κ3) is 13.1. The van der Waals surface area contributed by atoms with Crippen molar-refractivity contribution in [2.75, 3.05) is 0 Å². The molecule has 27 rings (SSSR count). The Morgan fingerprint density at radius 2 is 0.390 bits per heavy atom. The monoisotopic (exact) mass is 1740 g/mol. The van der Waals surface area contributed by atoms with Crippen molar-refractivity contribution in [3.05, 3.63) is 471 Å². The second-order valence-corrected chi connectivity index (χ2v) is 36.9. The molecule has 0 atom stereocenters. The van der Waals surface area contributed by atoms with Crippen LogP contribution in [-0.2, 0) is 10.8 Å². The van der Waals surface area contributed by atoms with Crippen LogP contribution in [0.4, 0.5) is 0 Å². The minimum Gasteiger partial charge on any atom is -0.309 e. The van der Waals surface area contributed by atoms with Gasteiger partial charge in [-0.05, 0) is 210 Å². The summed E-state index contributed by atoms with van der Waals surface area (Å²) in [6, 6.07) is 161. The lowest BCUT2D eigenvalue weighted by Gasteiger charge is -2.21. The molecular weight excluding hydrogens is 1650 g/mol. The molecule has 6 heterocycles. The average Bonchev–Trinajstić information content (AvgIpc) is 1.56. The molecular formula is C126H86N10. The van der Waals surface area contributed by atoms with Gasteiger partial charge in [0, 0.05) is 98.8 Å². The van der Waals surface area contributed by atoms with Gasteiger partial charge in [-0.15, -0.1) is 0 Å². The van der Waals surface area contributed by atoms with Gasteiger partial charge >= 0.3 is 0 Å². The van der Waals surface area contributed by atoms with Gasteiger partial charge in [0.15, 0.2) is 29.1 Å². The van der Waals surface area contributed by atoms with Crippen molar-refractivity contribution in [3.63, 3.8) is 0 Å². The molecule has 0 fully saturated rings. The van der Waals surface area contributed by atoms with Gasteiger partial charge in [-0.3, -0.25) is 4.57 Å². The first-order valence-corrected chi connectivity index (χ1v) is 46.6. The summed E-state index contributed by atoms with van der Waals surface area (Å²) in [5.41, 5.74) is 36.1. The fourth-order valence-electron chi connectivity index (χ4n) is 21.7. The Morgan fingerprint density at radius 3 is 0.713 bits per heavy atom. The molecule has 0 spiro atoms. The summed E-state index contributed by atoms with van der Waals surface area (Å²) in [7, 11) is 0. The van der Waals surface area contributed by atoms with E-state index in [1.54, 1.807) is 0 Å². The van der Waals surface area contributed by atoms with E-state index in [4.69, 9.17) is 29.9 Å². The van der Waals surface area contributed by atoms with Crippen molar-refractivity contribution in [2.45, 2.75) is 38.5 Å². The van der Waals surface area contributed by atoms with Crippen LogP contribution >= 0.6 is 0 Å². The molecule has 0 bridgehead atoms. The van der Waals surface area contributed by atoms with E-state index in [2.05, 4.69) is 495 Å². The Morgan fingerprint density at radius 1 is 0.154 bits per heavy atom. The number of benzene rings is 19. The van der Waals surface area contributed by atoms with E-state index in [0.29, 0.717) is 35.1 Å². The number of hydrogen-bond acceptors (Lipinski definition) is 6. The summed E-state index contributed by atoms with van der Waals surface area (Å²) in [5, 5.41) is 9.53. The van der Waals surface area contributed by atoms with E-state index in [0.717, 1.165) is 105 Å². The van der Waals surface area contributed by atoms with Crippen LogP contribution in [0.2, 0.25) is 0 Å². The van der Waals surface area contributed by atoms with Gasteiger partial charge in [-0.1, -0.05) is 355 Å². The first kappa shape index (κ1) is 79.4. The topological polar surface area (TPSA) is 97.1 Å². The molecule has 2 aliphatic rings. The highest BCUT2D eigenvalue weighted by Crippen LogP contribution is 2.53. The zero-order valence-electron chi connectivity index (χ0n) is 75.2. The van der Waals surface area contributed by atoms with Gasteiger partial charge < -0.3 is 13.7 Å². The number of fused-ring (bicyclic) bond motifs is 18. The molecule has 10 nitrogen and oxygen atoms in total. The zero-order chi connectivity index (χ0) is 90.4. The third-order valence-electron chi connectivity index (χ3n) is 28.3. The van der Waals surface area contributed by atoms with Crippen molar-refractivity contribution in [3.8, 4) is 147 Å². The average molecular weight is 1740 g/mol. The van der Waals surface area contributed by atoms with Gasteiger partial charge in [0.25, 0.3) is 0 Å². The quantitative estimate of drug-likeness (QED) is 0.114. The van der Waals surface area contributed by atoms with E-state index in [-0.39, 0.29) is 10.8 Å². The van der Waals surface area contributed by atoms with Crippen LogP contribution < -0.4 is 0 Å². The van der Waals surface area contributed by atoms with Crippen LogP contribution in [0.3, 0.4) is 0 Å². The summed E-state index contributed by atoms with van der Waals surface area (Å²) in [6.07, 6.45) is 0. The maximum absolute atomic E-state index is 5.41. The Labute approximate surface area is 786 Å². The highest BCUT2D eigenvalue weighted by Gasteiger charge is 2.38. The highest BCUT2D eigenvalue weighted by atomic mass is 15.2. The minimum absolute atomic E-state index is 0.178. The van der Waals surface area contributed by atoms with Crippen molar-refractivity contribution in [2.24, 2.45) is 0 Å². The molecule has 25 aromatic rings. The molecule has 0 radical (unpaired) electrons. The van der Waals surface area contributed by atoms with Crippen LogP contribution in [0.15, 0.2) is 449 Å². The summed E-state index contributed by atoms with van der Waals surface area (Å²) < 4.78 is 9.31. The van der Waals surface area contributed by atoms with Crippen LogP contribution in [0, 0.1) is 0 Å². The van der Waals surface area contributed by atoms with E-state index < -0.39 is 0 Å². The van der Waals surface area contributed by atoms with Crippen LogP contribution in [0.1, 0.15) is 49.9 Å². The number of rotatable bonds is 13. The fraction of sp³-hybridized carbons (Fsp3) is 0.0476. The third-order valence-corrected chi connectivity index (χ3v) is 28.3. The van der Waals surface area contributed by atoms with Crippen LogP contribution in [0.25, 0.3) is 234 Å². The number of para-hydroxylation sites is 4. The molecule has 6 aromatic heterocycles. The first-order valence-electron chi connectivity index (χ1n) is 46.6. The van der Waals surface area contributed by atoms with Crippen molar-refractivity contribution < 1.29 is 0 Å². The summed E-state index contributed by atoms with van der Waals surface area (Å²) in [6.45, 7) is 9.26. The molecule has 0 unspecified atom stereocenters. The van der Waals surface area contributed by atoms with E-state index >= 15 is 0 Å².